The lowest BCUT2D eigenvalue weighted by molar-refractivity contribution is 0.0720. The Balaban J connectivity index is 1.68. The molecule has 0 unspecified atom stereocenters. The lowest BCUT2D eigenvalue weighted by atomic mass is 10.0. The van der Waals surface area contributed by atoms with Crippen molar-refractivity contribution in [3.05, 3.63) is 76.9 Å². The number of phenolic OH excluding ortho intramolecular Hbond substituents is 1. The highest BCUT2D eigenvalue weighted by atomic mass is 19.1. The molecule has 7 heteroatoms. The summed E-state index contributed by atoms with van der Waals surface area (Å²) in [5.74, 6) is -0.302. The summed E-state index contributed by atoms with van der Waals surface area (Å²) in [5, 5.41) is 9.84. The Labute approximate surface area is 155 Å². The van der Waals surface area contributed by atoms with Crippen LogP contribution in [0.4, 0.5) is 4.39 Å². The third kappa shape index (κ3) is 4.63. The summed E-state index contributed by atoms with van der Waals surface area (Å²) >= 11 is 0. The third-order valence-electron chi connectivity index (χ3n) is 4.02. The van der Waals surface area contributed by atoms with Gasteiger partial charge in [-0.15, -0.1) is 0 Å². The number of benzene rings is 2. The van der Waals surface area contributed by atoms with Crippen LogP contribution in [-0.2, 0) is 12.8 Å². The molecule has 1 N–H and O–H groups in total. The summed E-state index contributed by atoms with van der Waals surface area (Å²) in [5.41, 5.74) is 2.66. The molecule has 2 aromatic carbocycles. The smallest absolute Gasteiger partial charge is 0.381 e. The lowest BCUT2D eigenvalue weighted by Gasteiger charge is -2.08. The van der Waals surface area contributed by atoms with Crippen molar-refractivity contribution in [2.75, 3.05) is 0 Å². The maximum absolute atomic E-state index is 12.9. The van der Waals surface area contributed by atoms with Crippen LogP contribution in [0.5, 0.6) is 11.5 Å². The zero-order chi connectivity index (χ0) is 19.4. The molecule has 0 aliphatic heterocycles. The zero-order valence-corrected chi connectivity index (χ0v) is 14.9. The molecular weight excluding hydrogens is 349 g/mol. The van der Waals surface area contributed by atoms with Crippen molar-refractivity contribution in [3.8, 4) is 11.5 Å². The van der Waals surface area contributed by atoms with Crippen LogP contribution in [0.2, 0.25) is 0 Å². The Morgan fingerprint density at radius 2 is 1.74 bits per heavy atom. The van der Waals surface area contributed by atoms with E-state index in [1.54, 1.807) is 0 Å². The maximum Gasteiger partial charge on any atom is 0.381 e. The van der Waals surface area contributed by atoms with Gasteiger partial charge in [-0.05, 0) is 61.2 Å². The zero-order valence-electron chi connectivity index (χ0n) is 14.9. The number of carbonyl (C=O) groups excluding carboxylic acids is 1. The van der Waals surface area contributed by atoms with Crippen LogP contribution in [0.3, 0.4) is 0 Å². The third-order valence-corrected chi connectivity index (χ3v) is 4.02. The number of aromatic hydroxyl groups is 1. The molecule has 0 aliphatic carbocycles. The molecule has 3 rings (SSSR count). The number of hydrogen-bond acceptors (Lipinski definition) is 6. The molecule has 138 valence electrons. The fourth-order valence-corrected chi connectivity index (χ4v) is 2.65. The van der Waals surface area contributed by atoms with Crippen LogP contribution >= 0.6 is 0 Å². The number of hydrogen-bond donors (Lipinski definition) is 1. The summed E-state index contributed by atoms with van der Waals surface area (Å²) in [6, 6.07) is 8.92. The molecule has 1 aromatic heterocycles. The highest BCUT2D eigenvalue weighted by Gasteiger charge is 2.14. The van der Waals surface area contributed by atoms with E-state index in [1.807, 2.05) is 26.0 Å². The van der Waals surface area contributed by atoms with Gasteiger partial charge in [0.15, 0.2) is 0 Å². The monoisotopic (exact) mass is 367 g/mol. The summed E-state index contributed by atoms with van der Waals surface area (Å²) in [4.78, 5) is 24.2. The molecule has 0 fully saturated rings. The van der Waals surface area contributed by atoms with Gasteiger partial charge in [-0.3, -0.25) is 0 Å². The summed E-state index contributed by atoms with van der Waals surface area (Å²) in [6.45, 7) is 3.69. The van der Waals surface area contributed by atoms with E-state index >= 15 is 0 Å². The summed E-state index contributed by atoms with van der Waals surface area (Å²) < 4.78 is 18.0. The minimum Gasteiger partial charge on any atom is -0.507 e. The summed E-state index contributed by atoms with van der Waals surface area (Å²) in [7, 11) is 0. The molecule has 0 aliphatic rings. The first-order valence-electron chi connectivity index (χ1n) is 8.37. The van der Waals surface area contributed by atoms with E-state index in [4.69, 9.17) is 4.74 Å². The Morgan fingerprint density at radius 1 is 1.07 bits per heavy atom. The molecule has 0 atom stereocenters. The molecule has 1 heterocycles. The van der Waals surface area contributed by atoms with Crippen molar-refractivity contribution in [2.24, 2.45) is 0 Å². The standard InChI is InChI=1S/C20H18FN3O3/c1-12-9-14(10-13(2)18(12)25)3-8-17-22-11-23-19(24-17)20(26)27-16-6-4-15(21)5-7-16/h4-7,9-11,25H,3,8H2,1-2H3. The van der Waals surface area contributed by atoms with Gasteiger partial charge in [0, 0.05) is 6.42 Å². The molecule has 0 saturated heterocycles. The Hall–Kier alpha value is -3.35. The number of esters is 1. The molecule has 0 radical (unpaired) electrons. The number of phenols is 1. The molecule has 0 bridgehead atoms. The number of aryl methyl sites for hydroxylation is 4. The largest absolute Gasteiger partial charge is 0.507 e. The second-order valence-corrected chi connectivity index (χ2v) is 6.15. The topological polar surface area (TPSA) is 85.2 Å². The Morgan fingerprint density at radius 3 is 2.41 bits per heavy atom. The fraction of sp³-hybridized carbons (Fsp3) is 0.200. The van der Waals surface area contributed by atoms with E-state index in [9.17, 15) is 14.3 Å². The van der Waals surface area contributed by atoms with Gasteiger partial charge in [0.1, 0.15) is 29.5 Å². The second kappa shape index (κ2) is 7.90. The van der Waals surface area contributed by atoms with Gasteiger partial charge in [-0.25, -0.2) is 24.1 Å². The Kier molecular flexibility index (Phi) is 5.40. The molecule has 27 heavy (non-hydrogen) atoms. The van der Waals surface area contributed by atoms with E-state index in [2.05, 4.69) is 15.0 Å². The van der Waals surface area contributed by atoms with Crippen molar-refractivity contribution in [3.63, 3.8) is 0 Å². The van der Waals surface area contributed by atoms with Crippen LogP contribution in [0.1, 0.15) is 33.1 Å². The fourth-order valence-electron chi connectivity index (χ4n) is 2.65. The SMILES string of the molecule is Cc1cc(CCc2ncnc(C(=O)Oc3ccc(F)cc3)n2)cc(C)c1O. The van der Waals surface area contributed by atoms with Crippen LogP contribution < -0.4 is 4.74 Å². The van der Waals surface area contributed by atoms with Crippen LogP contribution in [0.15, 0.2) is 42.7 Å². The van der Waals surface area contributed by atoms with Gasteiger partial charge in [-0.2, -0.15) is 0 Å². The second-order valence-electron chi connectivity index (χ2n) is 6.15. The highest BCUT2D eigenvalue weighted by molar-refractivity contribution is 5.86. The van der Waals surface area contributed by atoms with E-state index in [0.717, 1.165) is 16.7 Å². The van der Waals surface area contributed by atoms with Gasteiger partial charge < -0.3 is 9.84 Å². The average Bonchev–Trinajstić information content (AvgIpc) is 2.66. The quantitative estimate of drug-likeness (QED) is 0.550. The van der Waals surface area contributed by atoms with Crippen molar-refractivity contribution in [1.82, 2.24) is 15.0 Å². The molecule has 0 amide bonds. The normalized spacial score (nSPS) is 10.6. The minimum atomic E-state index is -0.735. The van der Waals surface area contributed by atoms with Gasteiger partial charge in [0.2, 0.25) is 5.82 Å². The van der Waals surface area contributed by atoms with Crippen LogP contribution in [-0.4, -0.2) is 26.0 Å². The van der Waals surface area contributed by atoms with E-state index in [-0.39, 0.29) is 11.6 Å². The highest BCUT2D eigenvalue weighted by Crippen LogP contribution is 2.23. The van der Waals surface area contributed by atoms with Crippen LogP contribution in [0.25, 0.3) is 0 Å². The minimum absolute atomic E-state index is 0.109. The number of rotatable bonds is 5. The molecule has 6 nitrogen and oxygen atoms in total. The van der Waals surface area contributed by atoms with Crippen molar-refractivity contribution < 1.29 is 19.0 Å². The van der Waals surface area contributed by atoms with Gasteiger partial charge in [0.05, 0.1) is 0 Å². The summed E-state index contributed by atoms with van der Waals surface area (Å²) in [6.07, 6.45) is 2.42. The average molecular weight is 367 g/mol. The first kappa shape index (κ1) is 18.4. The van der Waals surface area contributed by atoms with Crippen molar-refractivity contribution in [2.45, 2.75) is 26.7 Å². The predicted octanol–water partition coefficient (Wildman–Crippen LogP) is 3.34. The molecule has 0 spiro atoms. The molecular formula is C20H18FN3O3. The van der Waals surface area contributed by atoms with E-state index in [0.29, 0.717) is 24.4 Å². The van der Waals surface area contributed by atoms with Crippen molar-refractivity contribution in [1.29, 1.82) is 0 Å². The first-order chi connectivity index (χ1) is 12.9. The molecule has 0 saturated carbocycles. The number of halogens is 1. The van der Waals surface area contributed by atoms with Gasteiger partial charge in [0.25, 0.3) is 0 Å². The van der Waals surface area contributed by atoms with Gasteiger partial charge in [-0.1, -0.05) is 12.1 Å². The first-order valence-corrected chi connectivity index (χ1v) is 8.37. The van der Waals surface area contributed by atoms with E-state index in [1.165, 1.54) is 30.6 Å². The number of carbonyl (C=O) groups is 1. The number of aromatic nitrogens is 3. The molecule has 3 aromatic rings. The van der Waals surface area contributed by atoms with Gasteiger partial charge >= 0.3 is 5.97 Å². The van der Waals surface area contributed by atoms with E-state index < -0.39 is 11.8 Å². The predicted molar refractivity (Wildman–Crippen MR) is 96.2 cm³/mol. The lowest BCUT2D eigenvalue weighted by Crippen LogP contribution is -2.15. The number of nitrogens with zero attached hydrogens (tertiary/aromatic N) is 3. The maximum atomic E-state index is 12.9. The Bertz CT molecular complexity index is 951. The van der Waals surface area contributed by atoms with Crippen molar-refractivity contribution >= 4 is 5.97 Å². The number of ether oxygens (including phenoxy) is 1. The van der Waals surface area contributed by atoms with Crippen LogP contribution in [0, 0.1) is 19.7 Å².